The number of amides is 1. The summed E-state index contributed by atoms with van der Waals surface area (Å²) in [6.45, 7) is 1.91. The van der Waals surface area contributed by atoms with Crippen LogP contribution in [-0.2, 0) is 19.7 Å². The van der Waals surface area contributed by atoms with Crippen molar-refractivity contribution in [3.63, 3.8) is 0 Å². The van der Waals surface area contributed by atoms with Gasteiger partial charge in [-0.05, 0) is 31.2 Å². The highest BCUT2D eigenvalue weighted by Crippen LogP contribution is 2.35. The maximum Gasteiger partial charge on any atom is 0.303 e. The molecule has 1 aromatic carbocycles. The Morgan fingerprint density at radius 3 is 2.32 bits per heavy atom. The number of carbonyl (C=O) groups is 2. The zero-order valence-electron chi connectivity index (χ0n) is 14.8. The van der Waals surface area contributed by atoms with Gasteiger partial charge in [0.2, 0.25) is 5.91 Å². The molecule has 1 aliphatic rings. The molecule has 2 rings (SSSR count). The fourth-order valence-electron chi connectivity index (χ4n) is 3.43. The maximum absolute atomic E-state index is 12.9. The quantitative estimate of drug-likeness (QED) is 0.637. The van der Waals surface area contributed by atoms with Gasteiger partial charge in [0, 0.05) is 26.2 Å². The van der Waals surface area contributed by atoms with E-state index in [2.05, 4.69) is 5.32 Å². The summed E-state index contributed by atoms with van der Waals surface area (Å²) in [5, 5.41) is 11.7. The van der Waals surface area contributed by atoms with E-state index in [9.17, 15) is 9.59 Å². The van der Waals surface area contributed by atoms with Crippen molar-refractivity contribution in [1.82, 2.24) is 5.32 Å². The molecule has 1 aliphatic heterocycles. The van der Waals surface area contributed by atoms with Crippen LogP contribution in [0.2, 0.25) is 0 Å². The van der Waals surface area contributed by atoms with Crippen molar-refractivity contribution in [2.24, 2.45) is 0 Å². The Morgan fingerprint density at radius 2 is 1.64 bits per heavy atom. The van der Waals surface area contributed by atoms with Crippen LogP contribution in [0.15, 0.2) is 30.3 Å². The number of ether oxygens (including phenoxy) is 1. The molecule has 0 aliphatic carbocycles. The summed E-state index contributed by atoms with van der Waals surface area (Å²) in [6, 6.07) is 10.0. The van der Waals surface area contributed by atoms with E-state index in [1.165, 1.54) is 0 Å². The Hall–Kier alpha value is -1.88. The zero-order valence-corrected chi connectivity index (χ0v) is 14.8. The van der Waals surface area contributed by atoms with Crippen LogP contribution in [0.4, 0.5) is 0 Å². The van der Waals surface area contributed by atoms with Gasteiger partial charge in [-0.3, -0.25) is 9.59 Å². The van der Waals surface area contributed by atoms with Crippen molar-refractivity contribution >= 4 is 11.9 Å². The number of unbranched alkanes of at least 4 members (excludes halogenated alkanes) is 4. The lowest BCUT2D eigenvalue weighted by Gasteiger charge is -2.36. The summed E-state index contributed by atoms with van der Waals surface area (Å²) < 4.78 is 5.47. The third-order valence-corrected chi connectivity index (χ3v) is 4.96. The van der Waals surface area contributed by atoms with Gasteiger partial charge in [-0.2, -0.15) is 0 Å². The largest absolute Gasteiger partial charge is 0.481 e. The molecule has 0 atom stereocenters. The number of carbonyl (C=O) groups excluding carboxylic acids is 1. The lowest BCUT2D eigenvalue weighted by molar-refractivity contribution is -0.137. The lowest BCUT2D eigenvalue weighted by atomic mass is 9.73. The van der Waals surface area contributed by atoms with Crippen LogP contribution in [0.25, 0.3) is 0 Å². The Kier molecular flexibility index (Phi) is 7.92. The number of rotatable bonds is 10. The third-order valence-electron chi connectivity index (χ3n) is 4.96. The van der Waals surface area contributed by atoms with Crippen LogP contribution in [0.5, 0.6) is 0 Å². The summed E-state index contributed by atoms with van der Waals surface area (Å²) in [6.07, 6.45) is 6.32. The molecule has 25 heavy (non-hydrogen) atoms. The molecule has 0 unspecified atom stereocenters. The fraction of sp³-hybridized carbons (Fsp3) is 0.600. The monoisotopic (exact) mass is 347 g/mol. The van der Waals surface area contributed by atoms with E-state index in [0.29, 0.717) is 19.8 Å². The van der Waals surface area contributed by atoms with Crippen LogP contribution in [0.3, 0.4) is 0 Å². The number of aliphatic carboxylic acids is 1. The van der Waals surface area contributed by atoms with Gasteiger partial charge in [0.05, 0.1) is 5.41 Å². The molecule has 1 fully saturated rings. The molecule has 1 heterocycles. The first kappa shape index (κ1) is 19.4. The highest BCUT2D eigenvalue weighted by Gasteiger charge is 2.41. The van der Waals surface area contributed by atoms with E-state index in [0.717, 1.165) is 50.5 Å². The highest BCUT2D eigenvalue weighted by molar-refractivity contribution is 5.88. The van der Waals surface area contributed by atoms with E-state index in [-0.39, 0.29) is 12.3 Å². The Morgan fingerprint density at radius 1 is 1.00 bits per heavy atom. The van der Waals surface area contributed by atoms with Gasteiger partial charge in [-0.25, -0.2) is 0 Å². The average molecular weight is 347 g/mol. The van der Waals surface area contributed by atoms with Gasteiger partial charge in [-0.1, -0.05) is 49.6 Å². The van der Waals surface area contributed by atoms with Crippen LogP contribution in [-0.4, -0.2) is 36.7 Å². The second kappa shape index (κ2) is 10.2. The molecule has 138 valence electrons. The minimum Gasteiger partial charge on any atom is -0.481 e. The molecule has 0 aromatic heterocycles. The second-order valence-corrected chi connectivity index (χ2v) is 6.73. The second-order valence-electron chi connectivity index (χ2n) is 6.73. The topological polar surface area (TPSA) is 75.6 Å². The molecule has 5 nitrogen and oxygen atoms in total. The number of carboxylic acids is 1. The van der Waals surface area contributed by atoms with Gasteiger partial charge in [0.25, 0.3) is 0 Å². The predicted molar refractivity (Wildman–Crippen MR) is 96.5 cm³/mol. The molecule has 0 radical (unpaired) electrons. The average Bonchev–Trinajstić information content (AvgIpc) is 2.64. The SMILES string of the molecule is O=C(O)CCCCCCCNC(=O)C1(c2ccccc2)CCOCC1. The van der Waals surface area contributed by atoms with Gasteiger partial charge < -0.3 is 15.2 Å². The zero-order chi connectivity index (χ0) is 18.0. The summed E-state index contributed by atoms with van der Waals surface area (Å²) >= 11 is 0. The molecular formula is C20H29NO4. The molecule has 1 aromatic rings. The summed E-state index contributed by atoms with van der Waals surface area (Å²) in [4.78, 5) is 23.3. The van der Waals surface area contributed by atoms with E-state index < -0.39 is 11.4 Å². The fourth-order valence-corrected chi connectivity index (χ4v) is 3.43. The van der Waals surface area contributed by atoms with Crippen molar-refractivity contribution < 1.29 is 19.4 Å². The predicted octanol–water partition coefficient (Wildman–Crippen LogP) is 3.28. The maximum atomic E-state index is 12.9. The van der Waals surface area contributed by atoms with E-state index in [1.807, 2.05) is 30.3 Å². The first-order valence-corrected chi connectivity index (χ1v) is 9.28. The first-order chi connectivity index (χ1) is 12.1. The van der Waals surface area contributed by atoms with Crippen LogP contribution < -0.4 is 5.32 Å². The van der Waals surface area contributed by atoms with Crippen molar-refractivity contribution in [2.45, 2.75) is 56.8 Å². The molecule has 1 amide bonds. The van der Waals surface area contributed by atoms with Crippen molar-refractivity contribution in [1.29, 1.82) is 0 Å². The van der Waals surface area contributed by atoms with Gasteiger partial charge in [0.15, 0.2) is 0 Å². The molecule has 2 N–H and O–H groups in total. The number of nitrogens with one attached hydrogen (secondary N) is 1. The van der Waals surface area contributed by atoms with Crippen molar-refractivity contribution in [3.05, 3.63) is 35.9 Å². The number of hydrogen-bond donors (Lipinski definition) is 2. The lowest BCUT2D eigenvalue weighted by Crippen LogP contribution is -2.48. The number of benzene rings is 1. The number of carboxylic acid groups (broad SMARTS) is 1. The third kappa shape index (κ3) is 5.85. The highest BCUT2D eigenvalue weighted by atomic mass is 16.5. The minimum atomic E-state index is -0.727. The van der Waals surface area contributed by atoms with Crippen LogP contribution in [0.1, 0.15) is 56.9 Å². The van der Waals surface area contributed by atoms with E-state index >= 15 is 0 Å². The summed E-state index contributed by atoms with van der Waals surface area (Å²) in [5.41, 5.74) is 0.602. The van der Waals surface area contributed by atoms with Crippen molar-refractivity contribution in [3.8, 4) is 0 Å². The number of hydrogen-bond acceptors (Lipinski definition) is 3. The normalized spacial score (nSPS) is 16.3. The van der Waals surface area contributed by atoms with E-state index in [4.69, 9.17) is 9.84 Å². The Balaban J connectivity index is 1.76. The van der Waals surface area contributed by atoms with Gasteiger partial charge >= 0.3 is 5.97 Å². The molecule has 0 saturated carbocycles. The summed E-state index contributed by atoms with van der Waals surface area (Å²) in [7, 11) is 0. The molecular weight excluding hydrogens is 318 g/mol. The minimum absolute atomic E-state index is 0.105. The summed E-state index contributed by atoms with van der Waals surface area (Å²) in [5.74, 6) is -0.622. The van der Waals surface area contributed by atoms with Crippen molar-refractivity contribution in [2.75, 3.05) is 19.8 Å². The molecule has 0 spiro atoms. The van der Waals surface area contributed by atoms with Gasteiger partial charge in [-0.15, -0.1) is 0 Å². The molecule has 1 saturated heterocycles. The van der Waals surface area contributed by atoms with Crippen LogP contribution >= 0.6 is 0 Å². The molecule has 0 bridgehead atoms. The standard InChI is InChI=1S/C20H29NO4/c22-18(23)11-7-2-1-3-8-14-21-19(24)20(12-15-25-16-13-20)17-9-5-4-6-10-17/h4-6,9-10H,1-3,7-8,11-16H2,(H,21,24)(H,22,23). The Labute approximate surface area is 149 Å². The Bertz CT molecular complexity index is 538. The van der Waals surface area contributed by atoms with Gasteiger partial charge in [0.1, 0.15) is 0 Å². The first-order valence-electron chi connectivity index (χ1n) is 9.28. The van der Waals surface area contributed by atoms with Crippen LogP contribution in [0, 0.1) is 0 Å². The molecule has 5 heteroatoms. The smallest absolute Gasteiger partial charge is 0.303 e. The van der Waals surface area contributed by atoms with E-state index in [1.54, 1.807) is 0 Å².